The van der Waals surface area contributed by atoms with Crippen LogP contribution in [0.1, 0.15) is 9.67 Å². The van der Waals surface area contributed by atoms with Crippen LogP contribution in [0.3, 0.4) is 0 Å². The van der Waals surface area contributed by atoms with E-state index in [1.54, 1.807) is 29.5 Å². The van der Waals surface area contributed by atoms with Gasteiger partial charge in [0.05, 0.1) is 25.0 Å². The number of hydrazine groups is 1. The number of benzene rings is 2. The van der Waals surface area contributed by atoms with Crippen LogP contribution in [-0.2, 0) is 4.79 Å². The van der Waals surface area contributed by atoms with Crippen molar-refractivity contribution in [1.82, 2.24) is 15.8 Å². The third-order valence-corrected chi connectivity index (χ3v) is 6.72. The smallest absolute Gasteiger partial charge is 0.279 e. The van der Waals surface area contributed by atoms with Crippen molar-refractivity contribution in [3.8, 4) is 15.6 Å². The summed E-state index contributed by atoms with van der Waals surface area (Å²) < 4.78 is 6.41. The Labute approximate surface area is 189 Å². The van der Waals surface area contributed by atoms with Crippen LogP contribution in [0.25, 0.3) is 20.1 Å². The van der Waals surface area contributed by atoms with Crippen molar-refractivity contribution in [3.05, 3.63) is 69.5 Å². The maximum absolute atomic E-state index is 12.3. The van der Waals surface area contributed by atoms with Gasteiger partial charge in [0.25, 0.3) is 11.8 Å². The van der Waals surface area contributed by atoms with Crippen molar-refractivity contribution >= 4 is 67.9 Å². The van der Waals surface area contributed by atoms with Gasteiger partial charge in [-0.15, -0.1) is 22.7 Å². The zero-order valence-electron chi connectivity index (χ0n) is 15.1. The van der Waals surface area contributed by atoms with Crippen molar-refractivity contribution < 1.29 is 14.3 Å². The molecule has 0 aliphatic heterocycles. The molecule has 0 bridgehead atoms. The summed E-state index contributed by atoms with van der Waals surface area (Å²) in [7, 11) is 0. The molecule has 0 radical (unpaired) electrons. The lowest BCUT2D eigenvalue weighted by Crippen LogP contribution is -2.43. The van der Waals surface area contributed by atoms with Gasteiger partial charge in [-0.3, -0.25) is 20.4 Å². The molecule has 0 unspecified atom stereocenters. The third-order valence-electron chi connectivity index (χ3n) is 3.90. The third kappa shape index (κ3) is 4.73. The predicted octanol–water partition coefficient (Wildman–Crippen LogP) is 5.17. The summed E-state index contributed by atoms with van der Waals surface area (Å²) >= 11 is 14.7. The Balaban J connectivity index is 1.32. The maximum Gasteiger partial charge on any atom is 0.279 e. The molecule has 2 N–H and O–H groups in total. The number of carbonyl (C=O) groups is 2. The van der Waals surface area contributed by atoms with Gasteiger partial charge in [-0.05, 0) is 42.5 Å². The van der Waals surface area contributed by atoms with Crippen LogP contribution in [0.15, 0.2) is 54.6 Å². The fourth-order valence-corrected chi connectivity index (χ4v) is 4.90. The zero-order chi connectivity index (χ0) is 21.1. The number of thiazole rings is 1. The highest BCUT2D eigenvalue weighted by atomic mass is 35.5. The zero-order valence-corrected chi connectivity index (χ0v) is 18.3. The van der Waals surface area contributed by atoms with Crippen LogP contribution in [-0.4, -0.2) is 23.4 Å². The van der Waals surface area contributed by atoms with Crippen LogP contribution < -0.4 is 15.6 Å². The van der Waals surface area contributed by atoms with Gasteiger partial charge >= 0.3 is 0 Å². The van der Waals surface area contributed by atoms with Crippen LogP contribution in [0.2, 0.25) is 10.0 Å². The molecule has 0 spiro atoms. The number of halogens is 2. The lowest BCUT2D eigenvalue weighted by atomic mass is 10.3. The number of hydrogen-bond donors (Lipinski definition) is 2. The second kappa shape index (κ2) is 9.01. The largest absolute Gasteiger partial charge is 0.482 e. The summed E-state index contributed by atoms with van der Waals surface area (Å²) in [4.78, 5) is 30.2. The number of nitrogens with one attached hydrogen (secondary N) is 2. The van der Waals surface area contributed by atoms with E-state index in [1.807, 2.05) is 30.3 Å². The van der Waals surface area contributed by atoms with E-state index in [-0.39, 0.29) is 6.61 Å². The summed E-state index contributed by atoms with van der Waals surface area (Å²) in [5, 5.41) is 1.60. The number of amides is 2. The SMILES string of the molecule is O=C(COc1ccc(Cl)cc1Cl)NNC(=O)c1ccc(-c2nc3ccccc3s2)s1. The Hall–Kier alpha value is -2.65. The fourth-order valence-electron chi connectivity index (χ4n) is 2.51. The molecule has 4 aromatic rings. The molecule has 2 aromatic heterocycles. The minimum atomic E-state index is -0.530. The van der Waals surface area contributed by atoms with Crippen molar-refractivity contribution in [2.45, 2.75) is 0 Å². The number of hydrogen-bond acceptors (Lipinski definition) is 6. The fraction of sp³-hybridized carbons (Fsp3) is 0.0500. The van der Waals surface area contributed by atoms with Gasteiger partial charge in [0.15, 0.2) is 6.61 Å². The minimum absolute atomic E-state index is 0.292. The maximum atomic E-state index is 12.3. The topological polar surface area (TPSA) is 80.3 Å². The Morgan fingerprint density at radius 2 is 1.83 bits per heavy atom. The van der Waals surface area contributed by atoms with E-state index in [0.717, 1.165) is 20.1 Å². The summed E-state index contributed by atoms with van der Waals surface area (Å²) in [5.41, 5.74) is 5.61. The molecule has 10 heteroatoms. The molecule has 2 amide bonds. The number of carbonyl (C=O) groups excluding carboxylic acids is 2. The molecule has 0 fully saturated rings. The summed E-state index contributed by atoms with van der Waals surface area (Å²) in [6, 6.07) is 16.1. The van der Waals surface area contributed by atoms with Gasteiger partial charge in [0.2, 0.25) is 0 Å². The second-order valence-corrected chi connectivity index (χ2v) is 8.97. The number of nitrogens with zero attached hydrogens (tertiary/aromatic N) is 1. The number of aromatic nitrogens is 1. The molecule has 4 rings (SSSR count). The molecule has 0 aliphatic carbocycles. The number of ether oxygens (including phenoxy) is 1. The molecule has 2 heterocycles. The van der Waals surface area contributed by atoms with Gasteiger partial charge in [-0.25, -0.2) is 4.98 Å². The number of para-hydroxylation sites is 1. The molecule has 0 saturated carbocycles. The van der Waals surface area contributed by atoms with Crippen molar-refractivity contribution in [2.24, 2.45) is 0 Å². The molecule has 152 valence electrons. The van der Waals surface area contributed by atoms with Crippen molar-refractivity contribution in [1.29, 1.82) is 0 Å². The normalized spacial score (nSPS) is 10.7. The van der Waals surface area contributed by atoms with Crippen LogP contribution >= 0.6 is 45.9 Å². The Morgan fingerprint density at radius 1 is 1.00 bits per heavy atom. The first-order valence-electron chi connectivity index (χ1n) is 8.62. The van der Waals surface area contributed by atoms with Crippen LogP contribution in [0, 0.1) is 0 Å². The first-order valence-corrected chi connectivity index (χ1v) is 11.0. The number of fused-ring (bicyclic) bond motifs is 1. The Bertz CT molecular complexity index is 1210. The van der Waals surface area contributed by atoms with Gasteiger partial charge in [-0.2, -0.15) is 0 Å². The van der Waals surface area contributed by atoms with E-state index < -0.39 is 11.8 Å². The summed E-state index contributed by atoms with van der Waals surface area (Å²) in [6.45, 7) is -0.316. The van der Waals surface area contributed by atoms with Crippen LogP contribution in [0.4, 0.5) is 0 Å². The van der Waals surface area contributed by atoms with E-state index in [2.05, 4.69) is 15.8 Å². The molecule has 0 aliphatic rings. The number of rotatable bonds is 5. The highest BCUT2D eigenvalue weighted by Gasteiger charge is 2.14. The highest BCUT2D eigenvalue weighted by molar-refractivity contribution is 7.26. The van der Waals surface area contributed by atoms with Gasteiger partial charge in [-0.1, -0.05) is 35.3 Å². The van der Waals surface area contributed by atoms with Gasteiger partial charge in [0.1, 0.15) is 10.8 Å². The quantitative estimate of drug-likeness (QED) is 0.388. The molecule has 30 heavy (non-hydrogen) atoms. The predicted molar refractivity (Wildman–Crippen MR) is 120 cm³/mol. The van der Waals surface area contributed by atoms with Gasteiger partial charge in [0, 0.05) is 5.02 Å². The molecular weight excluding hydrogens is 465 g/mol. The van der Waals surface area contributed by atoms with E-state index in [1.165, 1.54) is 17.4 Å². The molecule has 2 aromatic carbocycles. The molecular formula is C20H13Cl2N3O3S2. The molecule has 0 saturated heterocycles. The first-order chi connectivity index (χ1) is 14.5. The average Bonchev–Trinajstić information content (AvgIpc) is 3.38. The lowest BCUT2D eigenvalue weighted by molar-refractivity contribution is -0.123. The van der Waals surface area contributed by atoms with E-state index in [4.69, 9.17) is 27.9 Å². The monoisotopic (exact) mass is 477 g/mol. The molecule has 6 nitrogen and oxygen atoms in total. The number of thiophene rings is 1. The van der Waals surface area contributed by atoms with Crippen molar-refractivity contribution in [3.63, 3.8) is 0 Å². The second-order valence-electron chi connectivity index (χ2n) is 6.02. The van der Waals surface area contributed by atoms with Gasteiger partial charge < -0.3 is 4.74 Å². The average molecular weight is 478 g/mol. The summed E-state index contributed by atoms with van der Waals surface area (Å²) in [6.07, 6.45) is 0. The minimum Gasteiger partial charge on any atom is -0.482 e. The standard InChI is InChI=1S/C20H13Cl2N3O3S2/c21-11-5-6-14(12(22)9-11)28-10-18(26)24-25-19(27)16-7-8-17(29-16)20-23-13-3-1-2-4-15(13)30-20/h1-9H,10H2,(H,24,26)(H,25,27). The van der Waals surface area contributed by atoms with Crippen LogP contribution in [0.5, 0.6) is 5.75 Å². The summed E-state index contributed by atoms with van der Waals surface area (Å²) in [5.74, 6) is -0.635. The van der Waals surface area contributed by atoms with Crippen molar-refractivity contribution in [2.75, 3.05) is 6.61 Å². The van der Waals surface area contributed by atoms with E-state index in [0.29, 0.717) is 20.7 Å². The van der Waals surface area contributed by atoms with E-state index in [9.17, 15) is 9.59 Å². The molecule has 0 atom stereocenters. The Morgan fingerprint density at radius 3 is 2.63 bits per heavy atom. The highest BCUT2D eigenvalue weighted by Crippen LogP contribution is 2.34. The first kappa shape index (κ1) is 20.6. The lowest BCUT2D eigenvalue weighted by Gasteiger charge is -2.09. The Kier molecular flexibility index (Phi) is 6.19. The van der Waals surface area contributed by atoms with E-state index >= 15 is 0 Å².